The van der Waals surface area contributed by atoms with E-state index in [0.29, 0.717) is 6.54 Å². The molecule has 1 saturated heterocycles. The number of likely N-dealkylation sites (tertiary alicyclic amines) is 1. The second-order valence-electron chi connectivity index (χ2n) is 5.59. The van der Waals surface area contributed by atoms with Gasteiger partial charge in [-0.05, 0) is 18.4 Å². The number of aromatic amines is 1. The van der Waals surface area contributed by atoms with Gasteiger partial charge in [0.15, 0.2) is 0 Å². The molecule has 0 radical (unpaired) electrons. The largest absolute Gasteiger partial charge is 0.466 e. The number of aromatic nitrogens is 2. The van der Waals surface area contributed by atoms with Gasteiger partial charge in [0.05, 0.1) is 25.0 Å². The summed E-state index contributed by atoms with van der Waals surface area (Å²) in [4.78, 5) is 33.0. The Morgan fingerprint density at radius 3 is 2.83 bits per heavy atom. The maximum atomic E-state index is 12.3. The van der Waals surface area contributed by atoms with Gasteiger partial charge in [-0.3, -0.25) is 4.79 Å². The highest BCUT2D eigenvalue weighted by Crippen LogP contribution is 2.31. The number of hydrogen-bond acceptors (Lipinski definition) is 4. The molecule has 1 aliphatic rings. The lowest BCUT2D eigenvalue weighted by molar-refractivity contribution is -0.135. The number of methoxy groups -OCH3 is 1. The van der Waals surface area contributed by atoms with Crippen LogP contribution in [0, 0.1) is 0 Å². The fourth-order valence-electron chi connectivity index (χ4n) is 2.89. The molecule has 1 fully saturated rings. The van der Waals surface area contributed by atoms with Crippen molar-refractivity contribution in [1.29, 1.82) is 0 Å². The van der Waals surface area contributed by atoms with Gasteiger partial charge in [-0.1, -0.05) is 30.3 Å². The molecule has 0 bridgehead atoms. The van der Waals surface area contributed by atoms with Crippen LogP contribution in [-0.4, -0.2) is 40.4 Å². The Labute approximate surface area is 140 Å². The first-order valence-corrected chi connectivity index (χ1v) is 7.86. The molecule has 1 aromatic heterocycles. The number of hydrogen-bond donors (Lipinski definition) is 1. The molecule has 24 heavy (non-hydrogen) atoms. The first-order valence-electron chi connectivity index (χ1n) is 7.86. The van der Waals surface area contributed by atoms with E-state index in [9.17, 15) is 9.59 Å². The maximum absolute atomic E-state index is 12.3. The Morgan fingerprint density at radius 2 is 2.08 bits per heavy atom. The number of benzene rings is 1. The molecule has 6 heteroatoms. The van der Waals surface area contributed by atoms with Crippen molar-refractivity contribution in [3.63, 3.8) is 0 Å². The Hall–Kier alpha value is -2.89. The zero-order valence-corrected chi connectivity index (χ0v) is 13.4. The molecular weight excluding hydrogens is 306 g/mol. The summed E-state index contributed by atoms with van der Waals surface area (Å²) < 4.78 is 4.51. The maximum Gasteiger partial charge on any atom is 0.330 e. The first kappa shape index (κ1) is 16.0. The highest BCUT2D eigenvalue weighted by molar-refractivity contribution is 5.94. The Kier molecular flexibility index (Phi) is 4.74. The summed E-state index contributed by atoms with van der Waals surface area (Å²) in [5.74, 6) is 0.0233. The monoisotopic (exact) mass is 325 g/mol. The number of nitrogens with zero attached hydrogens (tertiary/aromatic N) is 2. The standard InChI is InChI=1S/C18H19N3O3/c1-24-17(23)10-9-16(22)21-11-5-8-15(21)18-19-12-14(20-18)13-6-3-2-4-7-13/h2-4,6-7,9-10,12,15H,5,8,11H2,1H3,(H,19,20)/b10-9+. The van der Waals surface area contributed by atoms with Crippen LogP contribution in [0.3, 0.4) is 0 Å². The minimum atomic E-state index is -0.538. The number of imidazole rings is 1. The van der Waals surface area contributed by atoms with Gasteiger partial charge in [0.2, 0.25) is 5.91 Å². The number of nitrogens with one attached hydrogen (secondary N) is 1. The summed E-state index contributed by atoms with van der Waals surface area (Å²) in [5.41, 5.74) is 1.98. The molecule has 124 valence electrons. The smallest absolute Gasteiger partial charge is 0.330 e. The summed E-state index contributed by atoms with van der Waals surface area (Å²) in [7, 11) is 1.28. The first-order chi connectivity index (χ1) is 11.7. The Bertz CT molecular complexity index is 752. The van der Waals surface area contributed by atoms with Gasteiger partial charge in [0.25, 0.3) is 0 Å². The number of amides is 1. The molecule has 1 aromatic carbocycles. The van der Waals surface area contributed by atoms with Crippen LogP contribution >= 0.6 is 0 Å². The molecule has 2 aromatic rings. The van der Waals surface area contributed by atoms with Gasteiger partial charge in [0.1, 0.15) is 5.82 Å². The summed E-state index contributed by atoms with van der Waals surface area (Å²) in [6, 6.07) is 9.82. The van der Waals surface area contributed by atoms with Crippen molar-refractivity contribution in [2.24, 2.45) is 0 Å². The van der Waals surface area contributed by atoms with E-state index in [-0.39, 0.29) is 11.9 Å². The van der Waals surface area contributed by atoms with Crippen molar-refractivity contribution in [2.75, 3.05) is 13.7 Å². The van der Waals surface area contributed by atoms with Crippen LogP contribution in [0.4, 0.5) is 0 Å². The van der Waals surface area contributed by atoms with Crippen molar-refractivity contribution < 1.29 is 14.3 Å². The predicted octanol–water partition coefficient (Wildman–Crippen LogP) is 2.47. The third-order valence-electron chi connectivity index (χ3n) is 4.09. The van der Waals surface area contributed by atoms with E-state index in [1.165, 1.54) is 13.2 Å². The third kappa shape index (κ3) is 3.37. The molecule has 0 aliphatic carbocycles. The highest BCUT2D eigenvalue weighted by Gasteiger charge is 2.31. The van der Waals surface area contributed by atoms with Crippen molar-refractivity contribution in [1.82, 2.24) is 14.9 Å². The summed E-state index contributed by atoms with van der Waals surface area (Å²) in [6.07, 6.45) is 5.94. The average Bonchev–Trinajstić information content (AvgIpc) is 3.28. The second-order valence-corrected chi connectivity index (χ2v) is 5.59. The molecule has 0 saturated carbocycles. The number of esters is 1. The fourth-order valence-corrected chi connectivity index (χ4v) is 2.89. The van der Waals surface area contributed by atoms with E-state index < -0.39 is 5.97 Å². The predicted molar refractivity (Wildman–Crippen MR) is 88.9 cm³/mol. The zero-order chi connectivity index (χ0) is 16.9. The van der Waals surface area contributed by atoms with Gasteiger partial charge >= 0.3 is 5.97 Å². The van der Waals surface area contributed by atoms with E-state index >= 15 is 0 Å². The summed E-state index contributed by atoms with van der Waals surface area (Å²) in [5, 5.41) is 0. The normalized spacial score (nSPS) is 17.4. The molecule has 1 unspecified atom stereocenters. The quantitative estimate of drug-likeness (QED) is 0.692. The molecule has 1 atom stereocenters. The van der Waals surface area contributed by atoms with Gasteiger partial charge in [0, 0.05) is 18.7 Å². The number of H-pyrrole nitrogens is 1. The summed E-state index contributed by atoms with van der Waals surface area (Å²) >= 11 is 0. The topological polar surface area (TPSA) is 75.3 Å². The third-order valence-corrected chi connectivity index (χ3v) is 4.09. The van der Waals surface area contributed by atoms with Crippen LogP contribution in [0.25, 0.3) is 11.3 Å². The highest BCUT2D eigenvalue weighted by atomic mass is 16.5. The Balaban J connectivity index is 1.76. The number of carbonyl (C=O) groups excluding carboxylic acids is 2. The zero-order valence-electron chi connectivity index (χ0n) is 13.4. The molecule has 2 heterocycles. The van der Waals surface area contributed by atoms with E-state index in [1.807, 2.05) is 30.3 Å². The van der Waals surface area contributed by atoms with E-state index in [0.717, 1.165) is 36.0 Å². The minimum absolute atomic E-state index is 0.0998. The molecular formula is C18H19N3O3. The molecule has 1 N–H and O–H groups in total. The fraction of sp³-hybridized carbons (Fsp3) is 0.278. The molecule has 3 rings (SSSR count). The van der Waals surface area contributed by atoms with Gasteiger partial charge < -0.3 is 14.6 Å². The van der Waals surface area contributed by atoms with Crippen LogP contribution in [0.2, 0.25) is 0 Å². The van der Waals surface area contributed by atoms with Gasteiger partial charge in [-0.2, -0.15) is 0 Å². The van der Waals surface area contributed by atoms with Crippen molar-refractivity contribution in [3.05, 3.63) is 54.5 Å². The second kappa shape index (κ2) is 7.12. The lowest BCUT2D eigenvalue weighted by Gasteiger charge is -2.21. The van der Waals surface area contributed by atoms with Crippen LogP contribution in [-0.2, 0) is 14.3 Å². The Morgan fingerprint density at radius 1 is 1.29 bits per heavy atom. The van der Waals surface area contributed by atoms with Crippen molar-refractivity contribution in [2.45, 2.75) is 18.9 Å². The number of rotatable bonds is 4. The molecule has 1 amide bonds. The van der Waals surface area contributed by atoms with E-state index in [4.69, 9.17) is 0 Å². The number of ether oxygens (including phenoxy) is 1. The van der Waals surface area contributed by atoms with E-state index in [1.54, 1.807) is 11.1 Å². The van der Waals surface area contributed by atoms with Gasteiger partial charge in [-0.25, -0.2) is 9.78 Å². The molecule has 6 nitrogen and oxygen atoms in total. The molecule has 0 spiro atoms. The molecule has 1 aliphatic heterocycles. The van der Waals surface area contributed by atoms with Crippen LogP contribution in [0.15, 0.2) is 48.7 Å². The average molecular weight is 325 g/mol. The lowest BCUT2D eigenvalue weighted by Crippen LogP contribution is -2.29. The minimum Gasteiger partial charge on any atom is -0.466 e. The lowest BCUT2D eigenvalue weighted by atomic mass is 10.2. The van der Waals surface area contributed by atoms with E-state index in [2.05, 4.69) is 14.7 Å². The summed E-state index contributed by atoms with van der Waals surface area (Å²) in [6.45, 7) is 0.649. The van der Waals surface area contributed by atoms with Gasteiger partial charge in [-0.15, -0.1) is 0 Å². The van der Waals surface area contributed by atoms with Crippen LogP contribution < -0.4 is 0 Å². The van der Waals surface area contributed by atoms with Crippen molar-refractivity contribution in [3.8, 4) is 11.3 Å². The van der Waals surface area contributed by atoms with Crippen LogP contribution in [0.5, 0.6) is 0 Å². The van der Waals surface area contributed by atoms with Crippen LogP contribution in [0.1, 0.15) is 24.7 Å². The number of carbonyl (C=O) groups is 2. The SMILES string of the molecule is COC(=O)/C=C/C(=O)N1CCCC1c1ncc(-c2ccccc2)[nH]1. The van der Waals surface area contributed by atoms with Crippen molar-refractivity contribution >= 4 is 11.9 Å².